The van der Waals surface area contributed by atoms with Crippen LogP contribution in [0.2, 0.25) is 5.02 Å². The SMILES string of the molecule is C=CCN(C(=O)C1N([C@@H](CO)[C@@H](C)CC)C(=O)[C@@H]2[C@@H](C(=O)OCC)[C@H]3CCC12S3)c1ccccc1Cl. The number of halogens is 1. The molecule has 1 aromatic rings. The predicted molar refractivity (Wildman–Crippen MR) is 142 cm³/mol. The topological polar surface area (TPSA) is 87.2 Å². The first kappa shape index (κ1) is 27.0. The van der Waals surface area contributed by atoms with Crippen LogP contribution in [0.5, 0.6) is 0 Å². The summed E-state index contributed by atoms with van der Waals surface area (Å²) in [5, 5.41) is 10.8. The van der Waals surface area contributed by atoms with Gasteiger partial charge in [0.1, 0.15) is 6.04 Å². The van der Waals surface area contributed by atoms with Crippen molar-refractivity contribution in [1.82, 2.24) is 4.90 Å². The van der Waals surface area contributed by atoms with E-state index >= 15 is 0 Å². The largest absolute Gasteiger partial charge is 0.466 e. The molecule has 7 nitrogen and oxygen atoms in total. The van der Waals surface area contributed by atoms with Gasteiger partial charge in [0.25, 0.3) is 5.91 Å². The lowest BCUT2D eigenvalue weighted by molar-refractivity contribution is -0.154. The van der Waals surface area contributed by atoms with E-state index < -0.39 is 28.7 Å². The normalized spacial score (nSPS) is 30.1. The Kier molecular flexibility index (Phi) is 8.07. The van der Waals surface area contributed by atoms with Crippen molar-refractivity contribution in [2.75, 3.05) is 24.7 Å². The number of esters is 1. The van der Waals surface area contributed by atoms with Crippen molar-refractivity contribution in [2.45, 2.75) is 62.1 Å². The van der Waals surface area contributed by atoms with Gasteiger partial charge >= 0.3 is 5.97 Å². The van der Waals surface area contributed by atoms with Gasteiger partial charge in [-0.05, 0) is 37.8 Å². The summed E-state index contributed by atoms with van der Waals surface area (Å²) in [6, 6.07) is 5.72. The van der Waals surface area contributed by atoms with Crippen molar-refractivity contribution in [2.24, 2.45) is 17.8 Å². The number of ether oxygens (including phenoxy) is 1. The number of fused-ring (bicyclic) bond motifs is 1. The number of carbonyl (C=O) groups is 3. The van der Waals surface area contributed by atoms with Gasteiger partial charge in [-0.2, -0.15) is 0 Å². The van der Waals surface area contributed by atoms with Crippen LogP contribution in [0.15, 0.2) is 36.9 Å². The predicted octanol–water partition coefficient (Wildman–Crippen LogP) is 3.92. The van der Waals surface area contributed by atoms with Crippen molar-refractivity contribution in [3.8, 4) is 0 Å². The van der Waals surface area contributed by atoms with E-state index in [1.54, 1.807) is 52.8 Å². The summed E-state index contributed by atoms with van der Waals surface area (Å²) in [6.45, 7) is 9.75. The van der Waals surface area contributed by atoms with Crippen molar-refractivity contribution >= 4 is 46.8 Å². The molecule has 1 spiro atoms. The number of hydrogen-bond donors (Lipinski definition) is 1. The van der Waals surface area contributed by atoms with Gasteiger partial charge in [0.2, 0.25) is 5.91 Å². The molecule has 3 fully saturated rings. The highest BCUT2D eigenvalue weighted by atomic mass is 35.5. The minimum Gasteiger partial charge on any atom is -0.466 e. The molecule has 1 N–H and O–H groups in total. The van der Waals surface area contributed by atoms with Crippen LogP contribution in [0.3, 0.4) is 0 Å². The number of likely N-dealkylation sites (tertiary alicyclic amines) is 1. The smallest absolute Gasteiger partial charge is 0.310 e. The van der Waals surface area contributed by atoms with Gasteiger partial charge < -0.3 is 19.6 Å². The molecule has 2 bridgehead atoms. The second kappa shape index (κ2) is 10.8. The number of rotatable bonds is 10. The zero-order valence-corrected chi connectivity index (χ0v) is 22.6. The Labute approximate surface area is 222 Å². The number of anilines is 1. The van der Waals surface area contributed by atoms with E-state index in [0.29, 0.717) is 17.1 Å². The Hall–Kier alpha value is -2.03. The molecule has 0 radical (unpaired) electrons. The summed E-state index contributed by atoms with van der Waals surface area (Å²) in [4.78, 5) is 44.9. The van der Waals surface area contributed by atoms with Gasteiger partial charge in [0, 0.05) is 11.8 Å². The van der Waals surface area contributed by atoms with Crippen LogP contribution < -0.4 is 4.90 Å². The molecular formula is C27H35ClN2O5S. The Morgan fingerprint density at radius 2 is 2.11 bits per heavy atom. The zero-order chi connectivity index (χ0) is 26.2. The molecule has 3 aliphatic heterocycles. The summed E-state index contributed by atoms with van der Waals surface area (Å²) >= 11 is 8.09. The average molecular weight is 535 g/mol. The quantitative estimate of drug-likeness (QED) is 0.361. The summed E-state index contributed by atoms with van der Waals surface area (Å²) in [5.74, 6) is -2.18. The number of hydrogen-bond acceptors (Lipinski definition) is 6. The molecule has 196 valence electrons. The third-order valence-electron chi connectivity index (χ3n) is 8.10. The van der Waals surface area contributed by atoms with Crippen molar-refractivity contribution in [1.29, 1.82) is 0 Å². The number of para-hydroxylation sites is 1. The summed E-state index contributed by atoms with van der Waals surface area (Å²) in [5.41, 5.74) is 0.542. The zero-order valence-electron chi connectivity index (χ0n) is 21.1. The molecule has 0 saturated carbocycles. The lowest BCUT2D eigenvalue weighted by atomic mass is 9.71. The first-order valence-electron chi connectivity index (χ1n) is 12.7. The Bertz CT molecular complexity index is 1040. The van der Waals surface area contributed by atoms with Crippen LogP contribution in [-0.2, 0) is 19.1 Å². The summed E-state index contributed by atoms with van der Waals surface area (Å²) < 4.78 is 4.62. The fourth-order valence-electron chi connectivity index (χ4n) is 6.30. The number of aliphatic hydroxyl groups excluding tert-OH is 1. The van der Waals surface area contributed by atoms with Crippen molar-refractivity contribution < 1.29 is 24.2 Å². The fourth-order valence-corrected chi connectivity index (χ4v) is 8.73. The second-order valence-corrected chi connectivity index (χ2v) is 11.9. The van der Waals surface area contributed by atoms with Crippen LogP contribution in [0, 0.1) is 17.8 Å². The van der Waals surface area contributed by atoms with E-state index in [4.69, 9.17) is 16.3 Å². The number of carbonyl (C=O) groups excluding carboxylic acids is 3. The standard InChI is InChI=1S/C27H35ClN2O5S/c1-5-14-29(18-11-9-8-10-17(18)28)25(33)23-27-13-12-20(36-27)21(26(34)35-7-3)22(27)24(32)30(23)19(15-31)16(4)6-2/h5,8-11,16,19-23,31H,1,6-7,12-15H2,2-4H3/t16-,19-,20+,21-,22-,23?,27?/m0/s1. The molecule has 0 aromatic heterocycles. The Morgan fingerprint density at radius 3 is 2.72 bits per heavy atom. The van der Waals surface area contributed by atoms with Crippen LogP contribution in [0.4, 0.5) is 5.69 Å². The summed E-state index contributed by atoms with van der Waals surface area (Å²) in [7, 11) is 0. The third-order valence-corrected chi connectivity index (χ3v) is 10.4. The van der Waals surface area contributed by atoms with Crippen LogP contribution >= 0.6 is 23.4 Å². The molecule has 3 saturated heterocycles. The molecule has 2 amide bonds. The number of benzene rings is 1. The van der Waals surface area contributed by atoms with Crippen molar-refractivity contribution in [3.63, 3.8) is 0 Å². The molecule has 3 aliphatic rings. The van der Waals surface area contributed by atoms with Crippen molar-refractivity contribution in [3.05, 3.63) is 41.9 Å². The number of nitrogens with zero attached hydrogens (tertiary/aromatic N) is 2. The molecule has 36 heavy (non-hydrogen) atoms. The van der Waals surface area contributed by atoms with Crippen LogP contribution in [0.1, 0.15) is 40.0 Å². The van der Waals surface area contributed by atoms with Gasteiger partial charge in [-0.1, -0.05) is 50.1 Å². The minimum atomic E-state index is -0.841. The minimum absolute atomic E-state index is 0.0408. The van der Waals surface area contributed by atoms with Gasteiger partial charge in [0.15, 0.2) is 0 Å². The lowest BCUT2D eigenvalue weighted by Gasteiger charge is -2.41. The van der Waals surface area contributed by atoms with Crippen LogP contribution in [0.25, 0.3) is 0 Å². The molecule has 4 rings (SSSR count). The molecule has 3 heterocycles. The molecular weight excluding hydrogens is 500 g/mol. The molecule has 1 aromatic carbocycles. The maximum absolute atomic E-state index is 14.5. The molecule has 9 heteroatoms. The Morgan fingerprint density at radius 1 is 1.39 bits per heavy atom. The molecule has 2 unspecified atom stereocenters. The maximum atomic E-state index is 14.5. The average Bonchev–Trinajstić information content (AvgIpc) is 3.51. The van der Waals surface area contributed by atoms with E-state index in [9.17, 15) is 19.5 Å². The van der Waals surface area contributed by atoms with E-state index in [1.165, 1.54) is 0 Å². The maximum Gasteiger partial charge on any atom is 0.310 e. The van der Waals surface area contributed by atoms with E-state index in [1.807, 2.05) is 19.9 Å². The number of aliphatic hydroxyl groups is 1. The van der Waals surface area contributed by atoms with E-state index in [2.05, 4.69) is 6.58 Å². The number of amides is 2. The fraction of sp³-hybridized carbons (Fsp3) is 0.593. The van der Waals surface area contributed by atoms with Gasteiger partial charge in [-0.25, -0.2) is 0 Å². The van der Waals surface area contributed by atoms with Crippen LogP contribution in [-0.4, -0.2) is 69.6 Å². The lowest BCUT2D eigenvalue weighted by Crippen LogP contribution is -2.58. The van der Waals surface area contributed by atoms with E-state index in [-0.39, 0.29) is 48.7 Å². The first-order valence-corrected chi connectivity index (χ1v) is 14.0. The van der Waals surface area contributed by atoms with Gasteiger partial charge in [-0.15, -0.1) is 18.3 Å². The first-order chi connectivity index (χ1) is 17.3. The van der Waals surface area contributed by atoms with Gasteiger partial charge in [0.05, 0.1) is 46.5 Å². The monoisotopic (exact) mass is 534 g/mol. The summed E-state index contributed by atoms with van der Waals surface area (Å²) in [6.07, 6.45) is 3.74. The Balaban J connectivity index is 1.85. The highest BCUT2D eigenvalue weighted by molar-refractivity contribution is 8.02. The molecule has 0 aliphatic carbocycles. The highest BCUT2D eigenvalue weighted by Crippen LogP contribution is 2.67. The van der Waals surface area contributed by atoms with E-state index in [0.717, 1.165) is 12.8 Å². The van der Waals surface area contributed by atoms with Gasteiger partial charge in [-0.3, -0.25) is 14.4 Å². The second-order valence-electron chi connectivity index (χ2n) is 9.88. The highest BCUT2D eigenvalue weighted by Gasteiger charge is 2.75. The molecule has 7 atom stereocenters. The number of thioether (sulfide) groups is 1. The third kappa shape index (κ3) is 4.15.